The summed E-state index contributed by atoms with van der Waals surface area (Å²) in [6, 6.07) is 3.40. The van der Waals surface area contributed by atoms with E-state index >= 15 is 0 Å². The van der Waals surface area contributed by atoms with Gasteiger partial charge in [0.15, 0.2) is 5.69 Å². The van der Waals surface area contributed by atoms with Crippen LogP contribution in [0.1, 0.15) is 44.9 Å². The van der Waals surface area contributed by atoms with E-state index in [-0.39, 0.29) is 11.8 Å². The molecule has 2 aromatic heterocycles. The number of aromatic nitrogens is 3. The number of fused-ring (bicyclic) bond motifs is 1. The summed E-state index contributed by atoms with van der Waals surface area (Å²) in [5.74, 6) is -0.399. The molecular weight excluding hydrogens is 294 g/mol. The summed E-state index contributed by atoms with van der Waals surface area (Å²) >= 11 is 0. The Morgan fingerprint density at radius 1 is 1.13 bits per heavy atom. The van der Waals surface area contributed by atoms with E-state index in [2.05, 4.69) is 25.8 Å². The molecule has 0 aromatic carbocycles. The van der Waals surface area contributed by atoms with Crippen LogP contribution in [-0.2, 0) is 12.8 Å². The molecule has 0 spiro atoms. The van der Waals surface area contributed by atoms with Crippen LogP contribution in [0, 0.1) is 0 Å². The van der Waals surface area contributed by atoms with Crippen LogP contribution in [0.4, 0.5) is 0 Å². The van der Waals surface area contributed by atoms with Crippen molar-refractivity contribution in [3.63, 3.8) is 0 Å². The number of aryl methyl sites for hydroxylation is 1. The molecule has 1 aliphatic rings. The quantitative estimate of drug-likeness (QED) is 0.712. The summed E-state index contributed by atoms with van der Waals surface area (Å²) in [6.07, 6.45) is 7.19. The van der Waals surface area contributed by atoms with Gasteiger partial charge in [-0.1, -0.05) is 0 Å². The lowest BCUT2D eigenvalue weighted by Gasteiger charge is -2.11. The zero-order valence-corrected chi connectivity index (χ0v) is 12.8. The highest BCUT2D eigenvalue weighted by Gasteiger charge is 2.21. The molecule has 0 fully saturated rings. The molecule has 0 saturated carbocycles. The lowest BCUT2D eigenvalue weighted by molar-refractivity contribution is 0.0924. The van der Waals surface area contributed by atoms with Crippen LogP contribution in [0.5, 0.6) is 0 Å². The van der Waals surface area contributed by atoms with E-state index < -0.39 is 0 Å². The Labute approximate surface area is 133 Å². The number of H-pyrrole nitrogens is 1. The molecule has 0 atom stereocenters. The van der Waals surface area contributed by atoms with Crippen LogP contribution in [-0.4, -0.2) is 40.1 Å². The topological polar surface area (TPSA) is 99.8 Å². The minimum absolute atomic E-state index is 0.194. The smallest absolute Gasteiger partial charge is 0.272 e. The Bertz CT molecular complexity index is 696. The summed E-state index contributed by atoms with van der Waals surface area (Å²) in [7, 11) is 0. The van der Waals surface area contributed by atoms with E-state index in [0.717, 1.165) is 36.9 Å². The maximum Gasteiger partial charge on any atom is 0.272 e. The van der Waals surface area contributed by atoms with Crippen molar-refractivity contribution in [1.82, 2.24) is 25.8 Å². The summed E-state index contributed by atoms with van der Waals surface area (Å²) in [4.78, 5) is 27.9. The van der Waals surface area contributed by atoms with E-state index in [1.807, 2.05) is 0 Å². The molecule has 0 bridgehead atoms. The van der Waals surface area contributed by atoms with Crippen LogP contribution < -0.4 is 10.6 Å². The minimum atomic E-state index is -0.204. The Hall–Kier alpha value is -2.70. The van der Waals surface area contributed by atoms with E-state index in [9.17, 15) is 9.59 Å². The third-order valence-corrected chi connectivity index (χ3v) is 3.89. The number of hydrogen-bond acceptors (Lipinski definition) is 4. The van der Waals surface area contributed by atoms with E-state index in [1.54, 1.807) is 18.3 Å². The van der Waals surface area contributed by atoms with Gasteiger partial charge < -0.3 is 10.6 Å². The van der Waals surface area contributed by atoms with E-state index in [1.165, 1.54) is 6.20 Å². The van der Waals surface area contributed by atoms with Crippen LogP contribution in [0.3, 0.4) is 0 Å². The molecule has 3 N–H and O–H groups in total. The van der Waals surface area contributed by atoms with Crippen molar-refractivity contribution < 1.29 is 9.59 Å². The standard InChI is InChI=1S/C16H19N5O2/c22-15(11-4-3-7-17-10-11)18-8-9-19-16(23)14-12-5-1-2-6-13(12)20-21-14/h3-4,7,10H,1-2,5-6,8-9H2,(H,18,22)(H,19,23)(H,20,21). The first-order valence-corrected chi connectivity index (χ1v) is 7.78. The number of nitrogens with one attached hydrogen (secondary N) is 3. The molecule has 2 heterocycles. The van der Waals surface area contributed by atoms with Gasteiger partial charge in [-0.05, 0) is 37.8 Å². The van der Waals surface area contributed by atoms with Crippen LogP contribution in [0.25, 0.3) is 0 Å². The summed E-state index contributed by atoms with van der Waals surface area (Å²) in [5, 5.41) is 12.6. The van der Waals surface area contributed by atoms with Crippen molar-refractivity contribution in [2.45, 2.75) is 25.7 Å². The molecule has 1 aliphatic carbocycles. The second kappa shape index (κ2) is 7.04. The van der Waals surface area contributed by atoms with Crippen molar-refractivity contribution in [2.24, 2.45) is 0 Å². The number of amides is 2. The van der Waals surface area contributed by atoms with Crippen LogP contribution in [0.15, 0.2) is 24.5 Å². The van der Waals surface area contributed by atoms with Crippen LogP contribution in [0.2, 0.25) is 0 Å². The molecule has 7 heteroatoms. The predicted octanol–water partition coefficient (Wildman–Crippen LogP) is 0.843. The first-order chi connectivity index (χ1) is 11.3. The van der Waals surface area contributed by atoms with Gasteiger partial charge in [-0.3, -0.25) is 19.7 Å². The monoisotopic (exact) mass is 313 g/mol. The third kappa shape index (κ3) is 3.56. The number of aromatic amines is 1. The Kier molecular flexibility index (Phi) is 4.65. The fraction of sp³-hybridized carbons (Fsp3) is 0.375. The molecule has 120 valence electrons. The van der Waals surface area contributed by atoms with Gasteiger partial charge in [-0.15, -0.1) is 0 Å². The summed E-state index contributed by atoms with van der Waals surface area (Å²) in [5.41, 5.74) is 3.10. The summed E-state index contributed by atoms with van der Waals surface area (Å²) in [6.45, 7) is 0.707. The largest absolute Gasteiger partial charge is 0.350 e. The molecule has 2 aromatic rings. The normalized spacial score (nSPS) is 13.2. The van der Waals surface area contributed by atoms with Crippen LogP contribution >= 0.6 is 0 Å². The number of hydrogen-bond donors (Lipinski definition) is 3. The maximum absolute atomic E-state index is 12.2. The van der Waals surface area contributed by atoms with Crippen molar-refractivity contribution in [3.05, 3.63) is 47.0 Å². The number of pyridine rings is 1. The van der Waals surface area contributed by atoms with Crippen molar-refractivity contribution in [3.8, 4) is 0 Å². The molecule has 2 amide bonds. The lowest BCUT2D eigenvalue weighted by Crippen LogP contribution is -2.35. The van der Waals surface area contributed by atoms with Gasteiger partial charge in [0.2, 0.25) is 0 Å². The highest BCUT2D eigenvalue weighted by atomic mass is 16.2. The van der Waals surface area contributed by atoms with Gasteiger partial charge in [-0.2, -0.15) is 5.10 Å². The van der Waals surface area contributed by atoms with Crippen molar-refractivity contribution in [1.29, 1.82) is 0 Å². The average Bonchev–Trinajstić information content (AvgIpc) is 3.03. The second-order valence-corrected chi connectivity index (χ2v) is 5.49. The maximum atomic E-state index is 12.2. The highest BCUT2D eigenvalue weighted by molar-refractivity contribution is 5.95. The SMILES string of the molecule is O=C(NCCNC(=O)c1n[nH]c2c1CCCC2)c1cccnc1. The molecule has 7 nitrogen and oxygen atoms in total. The second-order valence-electron chi connectivity index (χ2n) is 5.49. The molecule has 0 unspecified atom stereocenters. The Morgan fingerprint density at radius 2 is 1.91 bits per heavy atom. The summed E-state index contributed by atoms with van der Waals surface area (Å²) < 4.78 is 0. The van der Waals surface area contributed by atoms with Crippen molar-refractivity contribution in [2.75, 3.05) is 13.1 Å². The fourth-order valence-electron chi connectivity index (χ4n) is 2.70. The zero-order chi connectivity index (χ0) is 16.1. The Morgan fingerprint density at radius 3 is 2.70 bits per heavy atom. The first kappa shape index (κ1) is 15.2. The minimum Gasteiger partial charge on any atom is -0.350 e. The molecule has 0 aliphatic heterocycles. The fourth-order valence-corrected chi connectivity index (χ4v) is 2.70. The highest BCUT2D eigenvalue weighted by Crippen LogP contribution is 2.21. The number of carbonyl (C=O) groups is 2. The van der Waals surface area contributed by atoms with Gasteiger partial charge >= 0.3 is 0 Å². The first-order valence-electron chi connectivity index (χ1n) is 7.78. The van der Waals surface area contributed by atoms with Crippen molar-refractivity contribution >= 4 is 11.8 Å². The average molecular weight is 313 g/mol. The number of nitrogens with zero attached hydrogens (tertiary/aromatic N) is 2. The number of carbonyl (C=O) groups excluding carboxylic acids is 2. The van der Waals surface area contributed by atoms with Gasteiger partial charge in [0.05, 0.1) is 5.56 Å². The van der Waals surface area contributed by atoms with E-state index in [4.69, 9.17) is 0 Å². The predicted molar refractivity (Wildman–Crippen MR) is 84.1 cm³/mol. The van der Waals surface area contributed by atoms with Gasteiger partial charge in [0, 0.05) is 36.7 Å². The lowest BCUT2D eigenvalue weighted by atomic mass is 9.96. The van der Waals surface area contributed by atoms with E-state index in [0.29, 0.717) is 24.3 Å². The zero-order valence-electron chi connectivity index (χ0n) is 12.8. The molecule has 0 saturated heterocycles. The molecular formula is C16H19N5O2. The Balaban J connectivity index is 1.47. The molecule has 23 heavy (non-hydrogen) atoms. The molecule has 3 rings (SSSR count). The van der Waals surface area contributed by atoms with Gasteiger partial charge in [0.25, 0.3) is 11.8 Å². The number of rotatable bonds is 5. The van der Waals surface area contributed by atoms with Gasteiger partial charge in [-0.25, -0.2) is 0 Å². The molecule has 0 radical (unpaired) electrons. The van der Waals surface area contributed by atoms with Gasteiger partial charge in [0.1, 0.15) is 0 Å². The third-order valence-electron chi connectivity index (χ3n) is 3.89.